The van der Waals surface area contributed by atoms with Gasteiger partial charge in [0.2, 0.25) is 0 Å². The van der Waals surface area contributed by atoms with Crippen molar-refractivity contribution in [3.8, 4) is 11.5 Å². The van der Waals surface area contributed by atoms with Gasteiger partial charge >= 0.3 is 0 Å². The predicted molar refractivity (Wildman–Crippen MR) is 74.8 cm³/mol. The van der Waals surface area contributed by atoms with Crippen molar-refractivity contribution in [3.05, 3.63) is 23.3 Å². The monoisotopic (exact) mass is 265 g/mol. The van der Waals surface area contributed by atoms with Crippen LogP contribution in [0.15, 0.2) is 12.1 Å². The largest absolute Gasteiger partial charge is 0.493 e. The third-order valence-electron chi connectivity index (χ3n) is 3.87. The Kier molecular flexibility index (Phi) is 4.66. The first-order valence-electron chi connectivity index (χ1n) is 6.78. The van der Waals surface area contributed by atoms with Gasteiger partial charge in [-0.2, -0.15) is 0 Å². The highest BCUT2D eigenvalue weighted by atomic mass is 16.5. The van der Waals surface area contributed by atoms with Crippen LogP contribution in [0.4, 0.5) is 0 Å². The molecule has 0 radical (unpaired) electrons. The normalized spacial score (nSPS) is 20.9. The molecule has 1 aliphatic rings. The predicted octanol–water partition coefficient (Wildman–Crippen LogP) is 2.05. The van der Waals surface area contributed by atoms with E-state index in [4.69, 9.17) is 9.47 Å². The van der Waals surface area contributed by atoms with Crippen LogP contribution < -0.4 is 14.8 Å². The minimum absolute atomic E-state index is 0.269. The lowest BCUT2D eigenvalue weighted by Gasteiger charge is -2.28. The molecular formula is C15H23NO3. The highest BCUT2D eigenvalue weighted by Crippen LogP contribution is 2.36. The minimum Gasteiger partial charge on any atom is -0.493 e. The lowest BCUT2D eigenvalue weighted by atomic mass is 9.87. The second-order valence-corrected chi connectivity index (χ2v) is 5.12. The maximum atomic E-state index is 10.6. The summed E-state index contributed by atoms with van der Waals surface area (Å²) in [5, 5.41) is 13.9. The van der Waals surface area contributed by atoms with Crippen molar-refractivity contribution in [3.63, 3.8) is 0 Å². The van der Waals surface area contributed by atoms with Gasteiger partial charge in [0, 0.05) is 12.5 Å². The number of hydrogen-bond acceptors (Lipinski definition) is 4. The summed E-state index contributed by atoms with van der Waals surface area (Å²) in [7, 11) is 3.24. The maximum absolute atomic E-state index is 10.6. The second-order valence-electron chi connectivity index (χ2n) is 5.12. The average molecular weight is 265 g/mol. The van der Waals surface area contributed by atoms with Gasteiger partial charge in [0.15, 0.2) is 11.5 Å². The molecule has 0 aromatic heterocycles. The molecule has 0 amide bonds. The smallest absolute Gasteiger partial charge is 0.161 e. The third-order valence-corrected chi connectivity index (χ3v) is 3.87. The Morgan fingerprint density at radius 2 is 1.95 bits per heavy atom. The molecule has 4 heteroatoms. The van der Waals surface area contributed by atoms with Gasteiger partial charge in [-0.3, -0.25) is 0 Å². The molecule has 1 aromatic rings. The van der Waals surface area contributed by atoms with Crippen LogP contribution in [-0.4, -0.2) is 32.4 Å². The second kappa shape index (κ2) is 6.26. The molecule has 1 aliphatic heterocycles. The van der Waals surface area contributed by atoms with Crippen molar-refractivity contribution < 1.29 is 14.6 Å². The van der Waals surface area contributed by atoms with Crippen LogP contribution in [0, 0.1) is 12.8 Å². The van der Waals surface area contributed by atoms with Crippen molar-refractivity contribution in [2.75, 3.05) is 27.3 Å². The van der Waals surface area contributed by atoms with E-state index in [1.165, 1.54) is 0 Å². The van der Waals surface area contributed by atoms with Gasteiger partial charge in [0.25, 0.3) is 0 Å². The topological polar surface area (TPSA) is 50.7 Å². The summed E-state index contributed by atoms with van der Waals surface area (Å²) in [6.45, 7) is 3.92. The summed E-state index contributed by atoms with van der Waals surface area (Å²) in [5.74, 6) is 1.65. The number of aryl methyl sites for hydroxylation is 1. The molecule has 106 valence electrons. The first-order valence-corrected chi connectivity index (χ1v) is 6.78. The number of piperidine rings is 1. The van der Waals surface area contributed by atoms with Gasteiger partial charge in [-0.15, -0.1) is 0 Å². The fourth-order valence-electron chi connectivity index (χ4n) is 2.72. The van der Waals surface area contributed by atoms with Crippen LogP contribution in [0.5, 0.6) is 11.5 Å². The van der Waals surface area contributed by atoms with Crippen LogP contribution in [0.25, 0.3) is 0 Å². The van der Waals surface area contributed by atoms with Crippen molar-refractivity contribution in [1.29, 1.82) is 0 Å². The third kappa shape index (κ3) is 3.01. The Balaban J connectivity index is 2.27. The first-order chi connectivity index (χ1) is 9.17. The summed E-state index contributed by atoms with van der Waals surface area (Å²) in [6, 6.07) is 3.82. The molecule has 2 rings (SSSR count). The SMILES string of the molecule is COc1cc(C)c(C(O)C2CCCNC2)cc1OC. The average Bonchev–Trinajstić information content (AvgIpc) is 2.47. The summed E-state index contributed by atoms with van der Waals surface area (Å²) in [5.41, 5.74) is 1.97. The molecule has 1 fully saturated rings. The zero-order valence-corrected chi connectivity index (χ0v) is 11.9. The van der Waals surface area contributed by atoms with E-state index in [1.807, 2.05) is 19.1 Å². The number of rotatable bonds is 4. The standard InChI is InChI=1S/C15H23NO3/c1-10-7-13(18-2)14(19-3)8-12(10)15(17)11-5-4-6-16-9-11/h7-8,11,15-17H,4-6,9H2,1-3H3. The van der Waals surface area contributed by atoms with Crippen LogP contribution >= 0.6 is 0 Å². The highest BCUT2D eigenvalue weighted by Gasteiger charge is 2.25. The van der Waals surface area contributed by atoms with E-state index in [0.29, 0.717) is 11.5 Å². The first kappa shape index (κ1) is 14.2. The number of methoxy groups -OCH3 is 2. The molecule has 19 heavy (non-hydrogen) atoms. The molecule has 0 saturated carbocycles. The van der Waals surface area contributed by atoms with Gasteiger partial charge in [0.1, 0.15) is 0 Å². The molecule has 0 spiro atoms. The van der Waals surface area contributed by atoms with Crippen molar-refractivity contribution in [1.82, 2.24) is 5.32 Å². The van der Waals surface area contributed by atoms with E-state index in [-0.39, 0.29) is 5.92 Å². The molecule has 2 unspecified atom stereocenters. The van der Waals surface area contributed by atoms with Gasteiger partial charge < -0.3 is 19.9 Å². The zero-order chi connectivity index (χ0) is 13.8. The summed E-state index contributed by atoms with van der Waals surface area (Å²) in [4.78, 5) is 0. The van der Waals surface area contributed by atoms with Crippen LogP contribution in [-0.2, 0) is 0 Å². The Morgan fingerprint density at radius 3 is 2.53 bits per heavy atom. The Bertz CT molecular complexity index is 428. The number of aliphatic hydroxyl groups is 1. The van der Waals surface area contributed by atoms with Crippen molar-refractivity contribution in [2.24, 2.45) is 5.92 Å². The van der Waals surface area contributed by atoms with Crippen LogP contribution in [0.1, 0.15) is 30.1 Å². The van der Waals surface area contributed by atoms with E-state index in [0.717, 1.165) is 37.1 Å². The van der Waals surface area contributed by atoms with E-state index < -0.39 is 6.10 Å². The Morgan fingerprint density at radius 1 is 1.26 bits per heavy atom. The molecule has 0 aliphatic carbocycles. The van der Waals surface area contributed by atoms with E-state index in [2.05, 4.69) is 5.32 Å². The highest BCUT2D eigenvalue weighted by molar-refractivity contribution is 5.47. The van der Waals surface area contributed by atoms with E-state index in [1.54, 1.807) is 14.2 Å². The van der Waals surface area contributed by atoms with Gasteiger partial charge in [0.05, 0.1) is 20.3 Å². The summed E-state index contributed by atoms with van der Waals surface area (Å²) >= 11 is 0. The van der Waals surface area contributed by atoms with E-state index >= 15 is 0 Å². The molecule has 1 saturated heterocycles. The molecule has 1 aromatic carbocycles. The van der Waals surface area contributed by atoms with Gasteiger partial charge in [-0.1, -0.05) is 0 Å². The Labute approximate surface area is 114 Å². The maximum Gasteiger partial charge on any atom is 0.161 e. The molecule has 2 atom stereocenters. The number of hydrogen-bond donors (Lipinski definition) is 2. The Hall–Kier alpha value is -1.26. The molecule has 2 N–H and O–H groups in total. The summed E-state index contributed by atoms with van der Waals surface area (Å²) in [6.07, 6.45) is 1.73. The fourth-order valence-corrected chi connectivity index (χ4v) is 2.72. The number of benzene rings is 1. The summed E-state index contributed by atoms with van der Waals surface area (Å²) < 4.78 is 10.6. The quantitative estimate of drug-likeness (QED) is 0.875. The van der Waals surface area contributed by atoms with Crippen molar-refractivity contribution in [2.45, 2.75) is 25.9 Å². The number of ether oxygens (including phenoxy) is 2. The van der Waals surface area contributed by atoms with Gasteiger partial charge in [-0.25, -0.2) is 0 Å². The lowest BCUT2D eigenvalue weighted by molar-refractivity contribution is 0.0913. The van der Waals surface area contributed by atoms with Crippen LogP contribution in [0.2, 0.25) is 0 Å². The van der Waals surface area contributed by atoms with E-state index in [9.17, 15) is 5.11 Å². The number of nitrogens with one attached hydrogen (secondary N) is 1. The minimum atomic E-state index is -0.451. The molecule has 0 bridgehead atoms. The molecule has 1 heterocycles. The lowest BCUT2D eigenvalue weighted by Crippen LogP contribution is -2.33. The zero-order valence-electron chi connectivity index (χ0n) is 11.9. The molecule has 4 nitrogen and oxygen atoms in total. The molecular weight excluding hydrogens is 242 g/mol. The van der Waals surface area contributed by atoms with Gasteiger partial charge in [-0.05, 0) is 49.6 Å². The van der Waals surface area contributed by atoms with Crippen molar-refractivity contribution >= 4 is 0 Å². The fraction of sp³-hybridized carbons (Fsp3) is 0.600. The van der Waals surface area contributed by atoms with Crippen LogP contribution in [0.3, 0.4) is 0 Å². The number of aliphatic hydroxyl groups excluding tert-OH is 1.